The third-order valence-electron chi connectivity index (χ3n) is 11.5. The fourth-order valence-electron chi connectivity index (χ4n) is 8.64. The van der Waals surface area contributed by atoms with Crippen molar-refractivity contribution in [3.05, 3.63) is 224 Å². The molecule has 1 heterocycles. The summed E-state index contributed by atoms with van der Waals surface area (Å²) < 4.78 is 6.40. The van der Waals surface area contributed by atoms with Gasteiger partial charge in [-0.1, -0.05) is 170 Å². The molecule has 0 unspecified atom stereocenters. The maximum Gasteiger partial charge on any atom is 0.136 e. The average Bonchev–Trinajstić information content (AvgIpc) is 3.66. The molecule has 0 N–H and O–H groups in total. The fraction of sp³-hybridized carbons (Fsp3) is 0. The lowest BCUT2D eigenvalue weighted by Gasteiger charge is -2.27. The van der Waals surface area contributed by atoms with Crippen molar-refractivity contribution in [1.29, 1.82) is 0 Å². The Kier molecular flexibility index (Phi) is 8.19. The summed E-state index contributed by atoms with van der Waals surface area (Å²) in [6.45, 7) is 0. The first kappa shape index (κ1) is 33.6. The highest BCUT2D eigenvalue weighted by molar-refractivity contribution is 6.13. The van der Waals surface area contributed by atoms with Gasteiger partial charge in [-0.05, 0) is 121 Å². The molecule has 2 heteroatoms. The highest BCUT2D eigenvalue weighted by Crippen LogP contribution is 2.44. The zero-order chi connectivity index (χ0) is 38.4. The summed E-state index contributed by atoms with van der Waals surface area (Å²) in [4.78, 5) is 2.37. The van der Waals surface area contributed by atoms with Crippen LogP contribution in [0.4, 0.5) is 17.1 Å². The molecule has 2 nitrogen and oxygen atoms in total. The second kappa shape index (κ2) is 14.1. The summed E-state index contributed by atoms with van der Waals surface area (Å²) in [6.07, 6.45) is 0. The van der Waals surface area contributed by atoms with Gasteiger partial charge in [-0.2, -0.15) is 0 Å². The molecule has 0 amide bonds. The largest absolute Gasteiger partial charge is 0.456 e. The van der Waals surface area contributed by atoms with Crippen LogP contribution in [0.5, 0.6) is 0 Å². The van der Waals surface area contributed by atoms with Gasteiger partial charge in [0.1, 0.15) is 11.2 Å². The van der Waals surface area contributed by atoms with Gasteiger partial charge in [0.15, 0.2) is 0 Å². The van der Waals surface area contributed by atoms with Gasteiger partial charge in [-0.3, -0.25) is 0 Å². The van der Waals surface area contributed by atoms with E-state index in [1.807, 2.05) is 12.1 Å². The molecule has 10 aromatic carbocycles. The summed E-state index contributed by atoms with van der Waals surface area (Å²) in [6, 6.07) is 80.8. The van der Waals surface area contributed by atoms with E-state index in [1.54, 1.807) is 0 Å². The molecule has 1 aromatic heterocycles. The molecule has 0 saturated heterocycles. The number of hydrogen-bond donors (Lipinski definition) is 0. The molecule has 0 aliphatic rings. The van der Waals surface area contributed by atoms with E-state index in [0.29, 0.717) is 0 Å². The van der Waals surface area contributed by atoms with E-state index in [2.05, 4.69) is 217 Å². The lowest BCUT2D eigenvalue weighted by atomic mass is 9.90. The summed E-state index contributed by atoms with van der Waals surface area (Å²) in [5.74, 6) is 0. The molecule has 11 rings (SSSR count). The molecule has 11 aromatic rings. The SMILES string of the molecule is c1ccc(-c2ccc(N(c3ccc(-c4cccc5ccccc45)cc3)c3ccc(-c4cccc5cc6c(cc45)oc4ccccc46)c(-c4ccccc4)c3)cc2)cc1. The zero-order valence-electron chi connectivity index (χ0n) is 31.7. The molecule has 0 atom stereocenters. The van der Waals surface area contributed by atoms with Crippen LogP contribution < -0.4 is 4.90 Å². The average molecular weight is 740 g/mol. The monoisotopic (exact) mass is 739 g/mol. The van der Waals surface area contributed by atoms with Gasteiger partial charge in [0, 0.05) is 27.8 Å². The first-order valence-corrected chi connectivity index (χ1v) is 19.8. The quantitative estimate of drug-likeness (QED) is 0.162. The fourth-order valence-corrected chi connectivity index (χ4v) is 8.64. The summed E-state index contributed by atoms with van der Waals surface area (Å²) in [5, 5.41) is 7.12. The first-order valence-electron chi connectivity index (χ1n) is 19.8. The van der Waals surface area contributed by atoms with Crippen molar-refractivity contribution in [1.82, 2.24) is 0 Å². The third kappa shape index (κ3) is 5.91. The molecular weight excluding hydrogens is 703 g/mol. The molecule has 58 heavy (non-hydrogen) atoms. The predicted octanol–water partition coefficient (Wildman–Crippen LogP) is 16.0. The van der Waals surface area contributed by atoms with Gasteiger partial charge >= 0.3 is 0 Å². The maximum absolute atomic E-state index is 6.40. The molecule has 0 radical (unpaired) electrons. The van der Waals surface area contributed by atoms with E-state index in [1.165, 1.54) is 49.5 Å². The second-order valence-corrected chi connectivity index (χ2v) is 14.9. The summed E-state index contributed by atoms with van der Waals surface area (Å²) >= 11 is 0. The summed E-state index contributed by atoms with van der Waals surface area (Å²) in [5.41, 5.74) is 14.5. The van der Waals surface area contributed by atoms with Gasteiger partial charge in [0.05, 0.1) is 0 Å². The molecule has 0 bridgehead atoms. The Morgan fingerprint density at radius 3 is 1.57 bits per heavy atom. The van der Waals surface area contributed by atoms with E-state index >= 15 is 0 Å². The minimum Gasteiger partial charge on any atom is -0.456 e. The normalized spacial score (nSPS) is 11.4. The zero-order valence-corrected chi connectivity index (χ0v) is 31.7. The third-order valence-corrected chi connectivity index (χ3v) is 11.5. The lowest BCUT2D eigenvalue weighted by Crippen LogP contribution is -2.10. The first-order chi connectivity index (χ1) is 28.7. The van der Waals surface area contributed by atoms with Crippen LogP contribution in [0.25, 0.3) is 88.0 Å². The Morgan fingerprint density at radius 1 is 0.259 bits per heavy atom. The van der Waals surface area contributed by atoms with Crippen molar-refractivity contribution in [3.63, 3.8) is 0 Å². The van der Waals surface area contributed by atoms with Crippen molar-refractivity contribution >= 4 is 60.5 Å². The number of hydrogen-bond acceptors (Lipinski definition) is 2. The van der Waals surface area contributed by atoms with Crippen molar-refractivity contribution in [2.24, 2.45) is 0 Å². The van der Waals surface area contributed by atoms with E-state index < -0.39 is 0 Å². The van der Waals surface area contributed by atoms with Crippen molar-refractivity contribution in [2.75, 3.05) is 4.90 Å². The Hall–Kier alpha value is -7.68. The molecule has 0 aliphatic carbocycles. The van der Waals surface area contributed by atoms with Crippen LogP contribution in [0.3, 0.4) is 0 Å². The summed E-state index contributed by atoms with van der Waals surface area (Å²) in [7, 11) is 0. The van der Waals surface area contributed by atoms with Crippen LogP contribution in [0.2, 0.25) is 0 Å². The Bertz CT molecular complexity index is 3250. The number of anilines is 3. The number of furan rings is 1. The smallest absolute Gasteiger partial charge is 0.136 e. The van der Waals surface area contributed by atoms with Crippen LogP contribution in [-0.2, 0) is 0 Å². The van der Waals surface area contributed by atoms with Crippen molar-refractivity contribution in [2.45, 2.75) is 0 Å². The molecule has 272 valence electrons. The Morgan fingerprint density at radius 2 is 0.810 bits per heavy atom. The predicted molar refractivity (Wildman–Crippen MR) is 245 cm³/mol. The van der Waals surface area contributed by atoms with Gasteiger partial charge in [0.2, 0.25) is 0 Å². The van der Waals surface area contributed by atoms with Gasteiger partial charge in [0.25, 0.3) is 0 Å². The number of benzene rings is 10. The van der Waals surface area contributed by atoms with Gasteiger partial charge in [-0.15, -0.1) is 0 Å². The van der Waals surface area contributed by atoms with Crippen molar-refractivity contribution in [3.8, 4) is 44.5 Å². The molecule has 0 saturated carbocycles. The van der Waals surface area contributed by atoms with E-state index in [4.69, 9.17) is 4.42 Å². The number of rotatable bonds is 7. The molecule has 0 spiro atoms. The number of fused-ring (bicyclic) bond motifs is 5. The van der Waals surface area contributed by atoms with E-state index in [9.17, 15) is 0 Å². The molecule has 0 fully saturated rings. The van der Waals surface area contributed by atoms with Gasteiger partial charge in [-0.25, -0.2) is 0 Å². The second-order valence-electron chi connectivity index (χ2n) is 14.9. The minimum absolute atomic E-state index is 0.899. The highest BCUT2D eigenvalue weighted by Gasteiger charge is 2.19. The minimum atomic E-state index is 0.899. The Balaban J connectivity index is 1.08. The topological polar surface area (TPSA) is 16.4 Å². The van der Waals surface area contributed by atoms with E-state index in [0.717, 1.165) is 55.5 Å². The van der Waals surface area contributed by atoms with E-state index in [-0.39, 0.29) is 0 Å². The van der Waals surface area contributed by atoms with Crippen LogP contribution in [0.15, 0.2) is 229 Å². The Labute approximate surface area is 337 Å². The van der Waals surface area contributed by atoms with Crippen LogP contribution in [0.1, 0.15) is 0 Å². The van der Waals surface area contributed by atoms with Crippen LogP contribution >= 0.6 is 0 Å². The maximum atomic E-state index is 6.40. The van der Waals surface area contributed by atoms with Crippen LogP contribution in [-0.4, -0.2) is 0 Å². The number of para-hydroxylation sites is 1. The molecular formula is C56H37NO. The molecule has 0 aliphatic heterocycles. The highest BCUT2D eigenvalue weighted by atomic mass is 16.3. The van der Waals surface area contributed by atoms with Crippen LogP contribution in [0, 0.1) is 0 Å². The lowest BCUT2D eigenvalue weighted by molar-refractivity contribution is 0.669. The number of nitrogens with zero attached hydrogens (tertiary/aromatic N) is 1. The standard InChI is InChI=1S/C56H37NO/c1-3-13-38(14-4-1)39-25-29-44(30-26-39)57(45-31-27-42(28-32-45)48-22-11-18-40-17-7-8-20-47(40)48)46-33-34-50(52(36-46)41-15-5-2-6-16-41)49-23-12-19-43-35-54-51-21-9-10-24-55(51)58-56(54)37-53(43)49/h1-37H. The van der Waals surface area contributed by atoms with Gasteiger partial charge < -0.3 is 9.32 Å². The van der Waals surface area contributed by atoms with Crippen molar-refractivity contribution < 1.29 is 4.42 Å².